The molecular formula is C15H29IN4O. The van der Waals surface area contributed by atoms with Gasteiger partial charge in [0.05, 0.1) is 0 Å². The molecule has 2 aliphatic carbocycles. The van der Waals surface area contributed by atoms with Gasteiger partial charge in [-0.25, -0.2) is 0 Å². The summed E-state index contributed by atoms with van der Waals surface area (Å²) in [4.78, 5) is 16.1. The second-order valence-corrected chi connectivity index (χ2v) is 5.83. The monoisotopic (exact) mass is 408 g/mol. The minimum atomic E-state index is 0. The molecule has 0 saturated heterocycles. The van der Waals surface area contributed by atoms with E-state index in [-0.39, 0.29) is 29.9 Å². The number of halogens is 1. The van der Waals surface area contributed by atoms with Crippen LogP contribution in [0.25, 0.3) is 0 Å². The fourth-order valence-electron chi connectivity index (χ4n) is 2.54. The Kier molecular flexibility index (Phi) is 9.03. The van der Waals surface area contributed by atoms with Gasteiger partial charge in [-0.1, -0.05) is 12.8 Å². The molecule has 0 bridgehead atoms. The van der Waals surface area contributed by atoms with Gasteiger partial charge >= 0.3 is 0 Å². The summed E-state index contributed by atoms with van der Waals surface area (Å²) >= 11 is 0. The van der Waals surface area contributed by atoms with Crippen molar-refractivity contribution in [3.63, 3.8) is 0 Å². The zero-order valence-corrected chi connectivity index (χ0v) is 15.3. The van der Waals surface area contributed by atoms with E-state index < -0.39 is 0 Å². The van der Waals surface area contributed by atoms with Crippen LogP contribution in [0.2, 0.25) is 0 Å². The van der Waals surface area contributed by atoms with E-state index in [4.69, 9.17) is 0 Å². The van der Waals surface area contributed by atoms with Crippen molar-refractivity contribution in [1.29, 1.82) is 0 Å². The van der Waals surface area contributed by atoms with Crippen LogP contribution in [-0.2, 0) is 4.79 Å². The largest absolute Gasteiger partial charge is 0.357 e. The summed E-state index contributed by atoms with van der Waals surface area (Å²) in [5.74, 6) is 1.08. The lowest BCUT2D eigenvalue weighted by Gasteiger charge is -2.16. The van der Waals surface area contributed by atoms with E-state index in [1.54, 1.807) is 0 Å². The van der Waals surface area contributed by atoms with Crippen molar-refractivity contribution < 1.29 is 4.79 Å². The van der Waals surface area contributed by atoms with Gasteiger partial charge in [0.1, 0.15) is 0 Å². The van der Waals surface area contributed by atoms with Gasteiger partial charge in [-0.2, -0.15) is 0 Å². The molecule has 6 heteroatoms. The number of carbonyl (C=O) groups is 1. The molecular weight excluding hydrogens is 379 g/mol. The third kappa shape index (κ3) is 7.87. The fourth-order valence-corrected chi connectivity index (χ4v) is 2.54. The number of hydrogen-bond acceptors (Lipinski definition) is 2. The molecule has 0 aromatic heterocycles. The first-order valence-corrected chi connectivity index (χ1v) is 8.12. The van der Waals surface area contributed by atoms with Crippen LogP contribution in [0, 0.1) is 0 Å². The van der Waals surface area contributed by atoms with Crippen LogP contribution in [0.4, 0.5) is 0 Å². The minimum absolute atomic E-state index is 0. The molecule has 0 aromatic rings. The maximum Gasteiger partial charge on any atom is 0.220 e. The van der Waals surface area contributed by atoms with Crippen molar-refractivity contribution >= 4 is 35.8 Å². The third-order valence-electron chi connectivity index (χ3n) is 3.81. The van der Waals surface area contributed by atoms with Gasteiger partial charge in [0.25, 0.3) is 0 Å². The number of amides is 1. The van der Waals surface area contributed by atoms with E-state index >= 15 is 0 Å². The zero-order chi connectivity index (χ0) is 14.2. The number of rotatable bonds is 7. The molecule has 5 nitrogen and oxygen atoms in total. The van der Waals surface area contributed by atoms with Crippen LogP contribution in [0.1, 0.15) is 58.3 Å². The molecule has 3 N–H and O–H groups in total. The van der Waals surface area contributed by atoms with Crippen LogP contribution in [0.3, 0.4) is 0 Å². The summed E-state index contributed by atoms with van der Waals surface area (Å²) in [6.07, 6.45) is 8.83. The van der Waals surface area contributed by atoms with Crippen molar-refractivity contribution in [3.05, 3.63) is 0 Å². The van der Waals surface area contributed by atoms with E-state index in [2.05, 4.69) is 27.9 Å². The first-order chi connectivity index (χ1) is 9.78. The van der Waals surface area contributed by atoms with E-state index in [0.29, 0.717) is 25.0 Å². The first-order valence-electron chi connectivity index (χ1n) is 8.12. The van der Waals surface area contributed by atoms with Gasteiger partial charge < -0.3 is 16.0 Å². The topological polar surface area (TPSA) is 65.5 Å². The predicted molar refractivity (Wildman–Crippen MR) is 97.2 cm³/mol. The van der Waals surface area contributed by atoms with Crippen LogP contribution >= 0.6 is 24.0 Å². The van der Waals surface area contributed by atoms with Gasteiger partial charge in [0.15, 0.2) is 5.96 Å². The maximum atomic E-state index is 11.6. The fraction of sp³-hybridized carbons (Fsp3) is 0.867. The highest BCUT2D eigenvalue weighted by Gasteiger charge is 2.22. The summed E-state index contributed by atoms with van der Waals surface area (Å²) in [6, 6.07) is 1.04. The summed E-state index contributed by atoms with van der Waals surface area (Å²) in [5, 5.41) is 9.77. The van der Waals surface area contributed by atoms with Crippen molar-refractivity contribution in [2.45, 2.75) is 70.4 Å². The van der Waals surface area contributed by atoms with Crippen molar-refractivity contribution in [2.24, 2.45) is 4.99 Å². The highest BCUT2D eigenvalue weighted by Crippen LogP contribution is 2.18. The Labute approximate surface area is 145 Å². The molecule has 0 aliphatic heterocycles. The van der Waals surface area contributed by atoms with Crippen LogP contribution in [-0.4, -0.2) is 37.0 Å². The summed E-state index contributed by atoms with van der Waals surface area (Å²) in [7, 11) is 0. The van der Waals surface area contributed by atoms with E-state index in [0.717, 1.165) is 31.8 Å². The smallest absolute Gasteiger partial charge is 0.220 e. The van der Waals surface area contributed by atoms with Crippen LogP contribution in [0.15, 0.2) is 4.99 Å². The Morgan fingerprint density at radius 2 is 1.76 bits per heavy atom. The Bertz CT molecular complexity index is 339. The predicted octanol–water partition coefficient (Wildman–Crippen LogP) is 2.16. The van der Waals surface area contributed by atoms with E-state index in [9.17, 15) is 4.79 Å². The molecule has 0 radical (unpaired) electrons. The SMILES string of the molecule is CCNC(=NCCCC(=O)NC1CC1)NC1CCCC1.I. The maximum absolute atomic E-state index is 11.6. The molecule has 0 atom stereocenters. The second kappa shape index (κ2) is 10.2. The molecule has 2 saturated carbocycles. The van der Waals surface area contributed by atoms with Crippen LogP contribution in [0.5, 0.6) is 0 Å². The molecule has 2 fully saturated rings. The zero-order valence-electron chi connectivity index (χ0n) is 13.0. The number of aliphatic imine (C=N–C) groups is 1. The average Bonchev–Trinajstić information content (AvgIpc) is 3.08. The van der Waals surface area contributed by atoms with Crippen molar-refractivity contribution in [1.82, 2.24) is 16.0 Å². The van der Waals surface area contributed by atoms with Gasteiger partial charge in [0, 0.05) is 31.6 Å². The van der Waals surface area contributed by atoms with Crippen molar-refractivity contribution in [3.8, 4) is 0 Å². The van der Waals surface area contributed by atoms with Crippen LogP contribution < -0.4 is 16.0 Å². The number of nitrogens with one attached hydrogen (secondary N) is 3. The summed E-state index contributed by atoms with van der Waals surface area (Å²) < 4.78 is 0. The standard InChI is InChI=1S/C15H28N4O.HI/c1-2-16-15(19-12-6-3-4-7-12)17-11-5-8-14(20)18-13-9-10-13;/h12-13H,2-11H2,1H3,(H,18,20)(H2,16,17,19);1H. The number of carbonyl (C=O) groups excluding carboxylic acids is 1. The normalized spacial score (nSPS) is 19.0. The van der Waals surface area contributed by atoms with Gasteiger partial charge in [-0.3, -0.25) is 9.79 Å². The highest BCUT2D eigenvalue weighted by molar-refractivity contribution is 14.0. The van der Waals surface area contributed by atoms with Gasteiger partial charge in [-0.15, -0.1) is 24.0 Å². The molecule has 21 heavy (non-hydrogen) atoms. The first kappa shape index (κ1) is 18.5. The Morgan fingerprint density at radius 1 is 1.10 bits per heavy atom. The third-order valence-corrected chi connectivity index (χ3v) is 3.81. The van der Waals surface area contributed by atoms with E-state index in [1.807, 2.05) is 0 Å². The Hall–Kier alpha value is -0.530. The second-order valence-electron chi connectivity index (χ2n) is 5.83. The molecule has 0 heterocycles. The molecule has 1 amide bonds. The van der Waals surface area contributed by atoms with Crippen molar-refractivity contribution in [2.75, 3.05) is 13.1 Å². The molecule has 0 unspecified atom stereocenters. The molecule has 2 rings (SSSR count). The Morgan fingerprint density at radius 3 is 2.38 bits per heavy atom. The minimum Gasteiger partial charge on any atom is -0.357 e. The highest BCUT2D eigenvalue weighted by atomic mass is 127. The molecule has 122 valence electrons. The lowest BCUT2D eigenvalue weighted by Crippen LogP contribution is -2.42. The molecule has 0 spiro atoms. The quantitative estimate of drug-likeness (QED) is 0.262. The summed E-state index contributed by atoms with van der Waals surface area (Å²) in [6.45, 7) is 3.66. The average molecular weight is 408 g/mol. The number of nitrogens with zero attached hydrogens (tertiary/aromatic N) is 1. The van der Waals surface area contributed by atoms with Gasteiger partial charge in [-0.05, 0) is 39.0 Å². The van der Waals surface area contributed by atoms with Gasteiger partial charge in [0.2, 0.25) is 5.91 Å². The number of hydrogen-bond donors (Lipinski definition) is 3. The Balaban J connectivity index is 0.00000220. The lowest BCUT2D eigenvalue weighted by molar-refractivity contribution is -0.121. The van der Waals surface area contributed by atoms with E-state index in [1.165, 1.54) is 25.7 Å². The lowest BCUT2D eigenvalue weighted by atomic mass is 10.2. The number of guanidine groups is 1. The summed E-state index contributed by atoms with van der Waals surface area (Å²) in [5.41, 5.74) is 0. The molecule has 0 aromatic carbocycles. The molecule has 2 aliphatic rings.